The fourth-order valence-electron chi connectivity index (χ4n) is 2.18. The molecule has 0 spiro atoms. The van der Waals surface area contributed by atoms with Crippen LogP contribution in [0.25, 0.3) is 0 Å². The van der Waals surface area contributed by atoms with E-state index in [0.29, 0.717) is 24.3 Å². The maximum absolute atomic E-state index is 12.2. The third-order valence-corrected chi connectivity index (χ3v) is 3.35. The van der Waals surface area contributed by atoms with Crippen LogP contribution in [0.15, 0.2) is 12.1 Å². The maximum atomic E-state index is 12.2. The summed E-state index contributed by atoms with van der Waals surface area (Å²) < 4.78 is 0. The topological polar surface area (TPSA) is 83.1 Å². The van der Waals surface area contributed by atoms with Crippen molar-refractivity contribution < 1.29 is 9.59 Å². The molecule has 0 saturated carbocycles. The van der Waals surface area contributed by atoms with Gasteiger partial charge in [0.05, 0.1) is 0 Å². The number of carbonyl (C=O) groups excluding carboxylic acids is 2. The van der Waals surface area contributed by atoms with Crippen molar-refractivity contribution in [3.63, 3.8) is 0 Å². The van der Waals surface area contributed by atoms with Crippen molar-refractivity contribution in [2.75, 3.05) is 18.9 Å². The fraction of sp³-hybridized carbons (Fsp3) is 0.500. The zero-order valence-electron chi connectivity index (χ0n) is 11.8. The summed E-state index contributed by atoms with van der Waals surface area (Å²) in [5.41, 5.74) is 1.37. The first-order valence-corrected chi connectivity index (χ1v) is 6.91. The van der Waals surface area contributed by atoms with E-state index in [4.69, 9.17) is 0 Å². The van der Waals surface area contributed by atoms with Crippen molar-refractivity contribution in [1.29, 1.82) is 0 Å². The van der Waals surface area contributed by atoms with Gasteiger partial charge in [-0.25, -0.2) is 4.98 Å². The zero-order valence-corrected chi connectivity index (χ0v) is 11.8. The van der Waals surface area contributed by atoms with Gasteiger partial charge in [0.2, 0.25) is 5.91 Å². The smallest absolute Gasteiger partial charge is 0.252 e. The second-order valence-electron chi connectivity index (χ2n) is 4.80. The monoisotopic (exact) mass is 276 g/mol. The van der Waals surface area contributed by atoms with Crippen LogP contribution in [0.3, 0.4) is 0 Å². The Balaban J connectivity index is 2.13. The Morgan fingerprint density at radius 3 is 2.95 bits per heavy atom. The molecular formula is C14H20N4O2. The number of pyridine rings is 1. The summed E-state index contributed by atoms with van der Waals surface area (Å²) in [6.07, 6.45) is 2.32. The minimum Gasteiger partial charge on any atom is -0.373 e. The third-order valence-electron chi connectivity index (χ3n) is 3.35. The number of carbonyl (C=O) groups is 2. The predicted molar refractivity (Wildman–Crippen MR) is 76.7 cm³/mol. The van der Waals surface area contributed by atoms with Gasteiger partial charge in [-0.3, -0.25) is 9.59 Å². The van der Waals surface area contributed by atoms with Gasteiger partial charge in [-0.1, -0.05) is 6.92 Å². The summed E-state index contributed by atoms with van der Waals surface area (Å²) in [6, 6.07) is 3.01. The van der Waals surface area contributed by atoms with E-state index in [2.05, 4.69) is 20.9 Å². The van der Waals surface area contributed by atoms with Crippen LogP contribution in [0.2, 0.25) is 0 Å². The summed E-state index contributed by atoms with van der Waals surface area (Å²) in [5.74, 6) is 0.312. The van der Waals surface area contributed by atoms with Crippen LogP contribution in [0.4, 0.5) is 5.82 Å². The highest BCUT2D eigenvalue weighted by atomic mass is 16.2. The molecule has 2 amide bonds. The average molecular weight is 276 g/mol. The molecule has 1 aromatic rings. The molecule has 6 nitrogen and oxygen atoms in total. The van der Waals surface area contributed by atoms with Crippen LogP contribution in [0, 0.1) is 0 Å². The van der Waals surface area contributed by atoms with Gasteiger partial charge in [0.25, 0.3) is 5.91 Å². The number of aromatic nitrogens is 1. The molecule has 0 radical (unpaired) electrons. The molecule has 1 fully saturated rings. The van der Waals surface area contributed by atoms with E-state index in [1.165, 1.54) is 0 Å². The molecule has 1 aliphatic rings. The predicted octanol–water partition coefficient (Wildman–Crippen LogP) is 0.694. The molecule has 0 aliphatic carbocycles. The van der Waals surface area contributed by atoms with Crippen LogP contribution in [-0.2, 0) is 11.2 Å². The Hall–Kier alpha value is -2.11. The van der Waals surface area contributed by atoms with Crippen LogP contribution >= 0.6 is 0 Å². The van der Waals surface area contributed by atoms with Crippen molar-refractivity contribution in [2.24, 2.45) is 0 Å². The molecule has 1 aliphatic heterocycles. The van der Waals surface area contributed by atoms with Gasteiger partial charge in [-0.05, 0) is 31.4 Å². The largest absolute Gasteiger partial charge is 0.373 e. The van der Waals surface area contributed by atoms with Gasteiger partial charge < -0.3 is 16.0 Å². The number of aryl methyl sites for hydroxylation is 1. The number of nitrogens with one attached hydrogen (secondary N) is 3. The number of nitrogens with zero attached hydrogens (tertiary/aromatic N) is 1. The lowest BCUT2D eigenvalue weighted by atomic mass is 10.1. The normalized spacial score (nSPS) is 18.3. The highest BCUT2D eigenvalue weighted by Gasteiger charge is 2.24. The van der Waals surface area contributed by atoms with Crippen molar-refractivity contribution >= 4 is 17.6 Å². The van der Waals surface area contributed by atoms with Crippen LogP contribution < -0.4 is 16.0 Å². The summed E-state index contributed by atoms with van der Waals surface area (Å²) in [7, 11) is 1.76. The molecule has 2 heterocycles. The fourth-order valence-corrected chi connectivity index (χ4v) is 2.18. The molecule has 6 heteroatoms. The van der Waals surface area contributed by atoms with E-state index in [1.807, 2.05) is 6.92 Å². The number of hydrogen-bond donors (Lipinski definition) is 3. The van der Waals surface area contributed by atoms with E-state index < -0.39 is 6.04 Å². The lowest BCUT2D eigenvalue weighted by Gasteiger charge is -2.22. The number of rotatable bonds is 4. The second-order valence-corrected chi connectivity index (χ2v) is 4.80. The maximum Gasteiger partial charge on any atom is 0.252 e. The van der Waals surface area contributed by atoms with Gasteiger partial charge >= 0.3 is 0 Å². The number of piperidine rings is 1. The molecule has 1 atom stereocenters. The number of anilines is 1. The standard InChI is InChI=1S/C14H20N4O2/c1-3-10-7-9(8-12(15-2)17-10)13(19)18-11-5-4-6-16-14(11)20/h7-8,11H,3-6H2,1-2H3,(H,15,17)(H,16,20)(H,18,19). The number of amides is 2. The zero-order chi connectivity index (χ0) is 14.5. The summed E-state index contributed by atoms with van der Waals surface area (Å²) >= 11 is 0. The van der Waals surface area contributed by atoms with Crippen molar-refractivity contribution in [3.05, 3.63) is 23.4 Å². The molecule has 1 aromatic heterocycles. The highest BCUT2D eigenvalue weighted by molar-refractivity contribution is 5.98. The lowest BCUT2D eigenvalue weighted by molar-refractivity contribution is -0.124. The quantitative estimate of drug-likeness (QED) is 0.755. The first-order valence-electron chi connectivity index (χ1n) is 6.91. The molecule has 0 bridgehead atoms. The van der Waals surface area contributed by atoms with E-state index in [9.17, 15) is 9.59 Å². The molecular weight excluding hydrogens is 256 g/mol. The van der Waals surface area contributed by atoms with E-state index >= 15 is 0 Å². The Bertz CT molecular complexity index is 494. The van der Waals surface area contributed by atoms with Crippen LogP contribution in [-0.4, -0.2) is 36.4 Å². The van der Waals surface area contributed by atoms with E-state index in [1.54, 1.807) is 19.2 Å². The lowest BCUT2D eigenvalue weighted by Crippen LogP contribution is -2.50. The van der Waals surface area contributed by atoms with Gasteiger partial charge in [0.15, 0.2) is 0 Å². The van der Waals surface area contributed by atoms with Crippen molar-refractivity contribution in [3.8, 4) is 0 Å². The molecule has 0 aromatic carbocycles. The first-order chi connectivity index (χ1) is 9.63. The molecule has 2 rings (SSSR count). The average Bonchev–Trinajstić information content (AvgIpc) is 2.48. The summed E-state index contributed by atoms with van der Waals surface area (Å²) in [5, 5.41) is 8.48. The third kappa shape index (κ3) is 3.26. The van der Waals surface area contributed by atoms with Gasteiger partial charge in [0.1, 0.15) is 11.9 Å². The summed E-state index contributed by atoms with van der Waals surface area (Å²) in [4.78, 5) is 28.2. The van der Waals surface area contributed by atoms with E-state index in [-0.39, 0.29) is 11.8 Å². The molecule has 20 heavy (non-hydrogen) atoms. The first kappa shape index (κ1) is 14.3. The van der Waals surface area contributed by atoms with Gasteiger partial charge in [-0.15, -0.1) is 0 Å². The van der Waals surface area contributed by atoms with Crippen molar-refractivity contribution in [1.82, 2.24) is 15.6 Å². The Morgan fingerprint density at radius 1 is 1.50 bits per heavy atom. The summed E-state index contributed by atoms with van der Waals surface area (Å²) in [6.45, 7) is 2.67. The Morgan fingerprint density at radius 2 is 2.30 bits per heavy atom. The van der Waals surface area contributed by atoms with Crippen LogP contribution in [0.5, 0.6) is 0 Å². The van der Waals surface area contributed by atoms with Gasteiger partial charge in [0, 0.05) is 24.8 Å². The SMILES string of the molecule is CCc1cc(C(=O)NC2CCCNC2=O)cc(NC)n1. The molecule has 108 valence electrons. The Kier molecular flexibility index (Phi) is 4.55. The van der Waals surface area contributed by atoms with Crippen molar-refractivity contribution in [2.45, 2.75) is 32.2 Å². The molecule has 1 unspecified atom stereocenters. The van der Waals surface area contributed by atoms with Gasteiger partial charge in [-0.2, -0.15) is 0 Å². The number of hydrogen-bond acceptors (Lipinski definition) is 4. The van der Waals surface area contributed by atoms with Crippen LogP contribution in [0.1, 0.15) is 35.8 Å². The highest BCUT2D eigenvalue weighted by Crippen LogP contribution is 2.12. The second kappa shape index (κ2) is 6.36. The minimum absolute atomic E-state index is 0.108. The van der Waals surface area contributed by atoms with E-state index in [0.717, 1.165) is 18.5 Å². The molecule has 3 N–H and O–H groups in total. The molecule has 1 saturated heterocycles. The minimum atomic E-state index is -0.437. The Labute approximate surface area is 118 Å².